The minimum absolute atomic E-state index is 0.0582. The summed E-state index contributed by atoms with van der Waals surface area (Å²) < 4.78 is 5.27. The molecule has 2 rings (SSSR count). The third kappa shape index (κ3) is 9.04. The first-order valence-electron chi connectivity index (χ1n) is 11.8. The average Bonchev–Trinajstić information content (AvgIpc) is 2.72. The second kappa shape index (κ2) is 11.5. The molecule has 1 aromatic carbocycles. The Morgan fingerprint density at radius 3 is 2.48 bits per heavy atom. The maximum Gasteiger partial charge on any atom is 0.343 e. The maximum absolute atomic E-state index is 12.3. The van der Waals surface area contributed by atoms with Crippen molar-refractivity contribution in [2.24, 2.45) is 17.3 Å². The molecule has 1 aromatic rings. The highest BCUT2D eigenvalue weighted by atomic mass is 28.3. The van der Waals surface area contributed by atoms with Crippen molar-refractivity contribution in [2.45, 2.75) is 78.9 Å². The molecule has 6 heteroatoms. The Morgan fingerprint density at radius 1 is 1.24 bits per heavy atom. The van der Waals surface area contributed by atoms with Gasteiger partial charge in [0.25, 0.3) is 5.69 Å². The maximum atomic E-state index is 12.3. The number of carbonyl (C=O) groups excluding carboxylic acids is 1. The van der Waals surface area contributed by atoms with Gasteiger partial charge in [-0.3, -0.25) is 10.1 Å². The SMILES string of the molecule is CC(C)(C)[C@H]1CCC(=C=COC(=O)c2ccc([N+](=O)[O-])cc2)[C@@H](CCCC#C[Si](C)(C)C)C1. The molecule has 178 valence electrons. The van der Waals surface area contributed by atoms with Crippen LogP contribution < -0.4 is 0 Å². The second-order valence-electron chi connectivity index (χ2n) is 11.0. The first-order chi connectivity index (χ1) is 15.4. The van der Waals surface area contributed by atoms with Gasteiger partial charge in [0.15, 0.2) is 0 Å². The van der Waals surface area contributed by atoms with Gasteiger partial charge in [-0.1, -0.05) is 46.1 Å². The number of hydrogen-bond donors (Lipinski definition) is 0. The highest BCUT2D eigenvalue weighted by Crippen LogP contribution is 2.43. The summed E-state index contributed by atoms with van der Waals surface area (Å²) in [7, 11) is -1.33. The Morgan fingerprint density at radius 2 is 1.91 bits per heavy atom. The predicted octanol–water partition coefficient (Wildman–Crippen LogP) is 7.30. The van der Waals surface area contributed by atoms with Crippen molar-refractivity contribution in [3.05, 3.63) is 57.5 Å². The van der Waals surface area contributed by atoms with Crippen LogP contribution >= 0.6 is 0 Å². The van der Waals surface area contributed by atoms with Crippen LogP contribution in [0.3, 0.4) is 0 Å². The number of nitrogens with zero attached hydrogens (tertiary/aromatic N) is 1. The van der Waals surface area contributed by atoms with Gasteiger partial charge >= 0.3 is 5.97 Å². The molecule has 0 aliphatic heterocycles. The van der Waals surface area contributed by atoms with E-state index in [1.54, 1.807) is 0 Å². The zero-order valence-corrected chi connectivity index (χ0v) is 21.9. The van der Waals surface area contributed by atoms with Crippen molar-refractivity contribution in [1.29, 1.82) is 0 Å². The summed E-state index contributed by atoms with van der Waals surface area (Å²) in [6.45, 7) is 13.7. The number of carbonyl (C=O) groups is 1. The number of unbranched alkanes of at least 4 members (excludes halogenated alkanes) is 1. The van der Waals surface area contributed by atoms with Gasteiger partial charge in [-0.05, 0) is 67.1 Å². The summed E-state index contributed by atoms with van der Waals surface area (Å²) in [5.74, 6) is 3.91. The predicted molar refractivity (Wildman–Crippen MR) is 135 cm³/mol. The van der Waals surface area contributed by atoms with Crippen LogP contribution in [0.2, 0.25) is 19.6 Å². The molecule has 0 radical (unpaired) electrons. The lowest BCUT2D eigenvalue weighted by molar-refractivity contribution is -0.384. The van der Waals surface area contributed by atoms with Crippen LogP contribution in [0.1, 0.15) is 69.7 Å². The molecule has 2 atom stereocenters. The van der Waals surface area contributed by atoms with Gasteiger partial charge in [-0.2, -0.15) is 0 Å². The lowest BCUT2D eigenvalue weighted by Crippen LogP contribution is -2.28. The first kappa shape index (κ1) is 26.6. The standard InChI is InChI=1S/C27H37NO4Si/c1-27(2,3)24-14-11-21(23(20-24)10-8-7-9-19-33(4,5)6)17-18-32-26(29)22-12-15-25(16-13-22)28(30)31/h12-13,15-16,18,23-24H,7-8,10-11,14,20H2,1-6H3/t17?,23-,24-/m0/s1. The van der Waals surface area contributed by atoms with Crippen LogP contribution in [-0.2, 0) is 4.74 Å². The summed E-state index contributed by atoms with van der Waals surface area (Å²) in [6.07, 6.45) is 7.60. The Bertz CT molecular complexity index is 965. The lowest BCUT2D eigenvalue weighted by atomic mass is 9.67. The van der Waals surface area contributed by atoms with Crippen LogP contribution in [0.15, 0.2) is 41.8 Å². The van der Waals surface area contributed by atoms with Crippen LogP contribution in [0.5, 0.6) is 0 Å². The van der Waals surface area contributed by atoms with Crippen LogP contribution in [-0.4, -0.2) is 19.0 Å². The lowest BCUT2D eigenvalue weighted by Gasteiger charge is -2.38. The molecule has 0 aromatic heterocycles. The van der Waals surface area contributed by atoms with E-state index >= 15 is 0 Å². The molecule has 5 nitrogen and oxygen atoms in total. The normalized spacial score (nSPS) is 18.5. The number of esters is 1. The minimum Gasteiger partial charge on any atom is -0.422 e. The number of non-ortho nitro benzene ring substituents is 1. The number of nitro benzene ring substituents is 1. The van der Waals surface area contributed by atoms with Crippen molar-refractivity contribution >= 4 is 19.7 Å². The molecular formula is C27H37NO4Si. The molecule has 33 heavy (non-hydrogen) atoms. The van der Waals surface area contributed by atoms with Crippen LogP contribution in [0, 0.1) is 38.8 Å². The van der Waals surface area contributed by atoms with Crippen molar-refractivity contribution < 1.29 is 14.5 Å². The molecule has 1 aliphatic rings. The number of rotatable bonds is 6. The van der Waals surface area contributed by atoms with E-state index in [0.29, 0.717) is 11.8 Å². The van der Waals surface area contributed by atoms with Gasteiger partial charge in [0.2, 0.25) is 0 Å². The van der Waals surface area contributed by atoms with Crippen molar-refractivity contribution in [3.8, 4) is 11.5 Å². The summed E-state index contributed by atoms with van der Waals surface area (Å²) in [6, 6.07) is 5.40. The number of ether oxygens (including phenoxy) is 1. The molecule has 0 amide bonds. The average molecular weight is 468 g/mol. The first-order valence-corrected chi connectivity index (χ1v) is 15.3. The van der Waals surface area contributed by atoms with E-state index in [0.717, 1.165) is 38.5 Å². The highest BCUT2D eigenvalue weighted by molar-refractivity contribution is 6.83. The van der Waals surface area contributed by atoms with Crippen molar-refractivity contribution in [2.75, 3.05) is 0 Å². The van der Waals surface area contributed by atoms with E-state index in [1.165, 1.54) is 36.1 Å². The topological polar surface area (TPSA) is 69.4 Å². The molecule has 0 N–H and O–H groups in total. The summed E-state index contributed by atoms with van der Waals surface area (Å²) in [4.78, 5) is 22.5. The minimum atomic E-state index is -1.33. The number of nitro groups is 1. The third-order valence-electron chi connectivity index (χ3n) is 6.09. The number of hydrogen-bond acceptors (Lipinski definition) is 4. The molecule has 0 bridgehead atoms. The summed E-state index contributed by atoms with van der Waals surface area (Å²) in [5.41, 5.74) is 8.39. The molecule has 1 aliphatic carbocycles. The fourth-order valence-corrected chi connectivity index (χ4v) is 4.77. The molecule has 1 saturated carbocycles. The van der Waals surface area contributed by atoms with Gasteiger partial charge in [-0.25, -0.2) is 4.79 Å². The zero-order valence-electron chi connectivity index (χ0n) is 20.9. The largest absolute Gasteiger partial charge is 0.422 e. The molecule has 1 fully saturated rings. The third-order valence-corrected chi connectivity index (χ3v) is 7.02. The Labute approximate surface area is 199 Å². The molecule has 0 heterocycles. The van der Waals surface area contributed by atoms with E-state index in [4.69, 9.17) is 4.74 Å². The molecule has 0 saturated heterocycles. The van der Waals surface area contributed by atoms with E-state index in [2.05, 4.69) is 57.6 Å². The summed E-state index contributed by atoms with van der Waals surface area (Å²) >= 11 is 0. The highest BCUT2D eigenvalue weighted by Gasteiger charge is 2.32. The van der Waals surface area contributed by atoms with Crippen LogP contribution in [0.25, 0.3) is 0 Å². The van der Waals surface area contributed by atoms with E-state index in [1.807, 2.05) is 0 Å². The molecular weight excluding hydrogens is 430 g/mol. The van der Waals surface area contributed by atoms with Gasteiger partial charge < -0.3 is 4.74 Å². The number of allylic oxidation sites excluding steroid dienone is 1. The zero-order chi connectivity index (χ0) is 24.6. The summed E-state index contributed by atoms with van der Waals surface area (Å²) in [5, 5.41) is 10.8. The molecule has 0 spiro atoms. The van der Waals surface area contributed by atoms with E-state index in [-0.39, 0.29) is 16.7 Å². The van der Waals surface area contributed by atoms with Crippen molar-refractivity contribution in [1.82, 2.24) is 0 Å². The van der Waals surface area contributed by atoms with Gasteiger partial charge in [0.1, 0.15) is 14.3 Å². The van der Waals surface area contributed by atoms with E-state index < -0.39 is 19.0 Å². The quantitative estimate of drug-likeness (QED) is 0.0643. The monoisotopic (exact) mass is 467 g/mol. The Hall–Kier alpha value is -2.61. The fraction of sp³-hybridized carbons (Fsp3) is 0.556. The Balaban J connectivity index is 2.07. The Kier molecular flexibility index (Phi) is 9.28. The van der Waals surface area contributed by atoms with Crippen molar-refractivity contribution in [3.63, 3.8) is 0 Å². The smallest absolute Gasteiger partial charge is 0.343 e. The second-order valence-corrected chi connectivity index (χ2v) is 15.7. The van der Waals surface area contributed by atoms with Crippen LogP contribution in [0.4, 0.5) is 5.69 Å². The number of benzene rings is 1. The van der Waals surface area contributed by atoms with Gasteiger partial charge in [0.05, 0.1) is 10.5 Å². The van der Waals surface area contributed by atoms with Gasteiger partial charge in [0, 0.05) is 18.6 Å². The van der Waals surface area contributed by atoms with E-state index in [9.17, 15) is 14.9 Å². The van der Waals surface area contributed by atoms with Gasteiger partial charge in [-0.15, -0.1) is 11.5 Å². The fourth-order valence-electron chi connectivity index (χ4n) is 4.12. The molecule has 0 unspecified atom stereocenters.